The SMILES string of the molecule is NS(=O)(=O)c1cccc(C(=O)Nc2sc3c(c2C(=O)O)-c2ccc(CI)cc2CC3)c1. The molecule has 4 rings (SSSR count). The van der Waals surface area contributed by atoms with Crippen molar-refractivity contribution in [3.8, 4) is 11.1 Å². The number of rotatable bonds is 5. The molecule has 160 valence electrons. The van der Waals surface area contributed by atoms with E-state index in [0.29, 0.717) is 12.0 Å². The number of hydrogen-bond acceptors (Lipinski definition) is 5. The Labute approximate surface area is 196 Å². The first-order valence-electron chi connectivity index (χ1n) is 9.20. The van der Waals surface area contributed by atoms with Gasteiger partial charge in [-0.25, -0.2) is 18.4 Å². The van der Waals surface area contributed by atoms with Crippen LogP contribution in [-0.2, 0) is 27.3 Å². The summed E-state index contributed by atoms with van der Waals surface area (Å²) in [4.78, 5) is 25.6. The van der Waals surface area contributed by atoms with E-state index in [1.807, 2.05) is 12.1 Å². The molecule has 7 nitrogen and oxygen atoms in total. The van der Waals surface area contributed by atoms with Gasteiger partial charge in [-0.15, -0.1) is 11.3 Å². The number of hydrogen-bond donors (Lipinski definition) is 3. The Morgan fingerprint density at radius 3 is 2.61 bits per heavy atom. The van der Waals surface area contributed by atoms with Crippen molar-refractivity contribution in [3.63, 3.8) is 0 Å². The van der Waals surface area contributed by atoms with Gasteiger partial charge in [0, 0.05) is 20.4 Å². The van der Waals surface area contributed by atoms with Gasteiger partial charge in [0.25, 0.3) is 5.91 Å². The van der Waals surface area contributed by atoms with E-state index in [1.165, 1.54) is 41.2 Å². The highest BCUT2D eigenvalue weighted by atomic mass is 127. The minimum Gasteiger partial charge on any atom is -0.478 e. The monoisotopic (exact) mass is 568 g/mol. The van der Waals surface area contributed by atoms with Crippen LogP contribution in [0.15, 0.2) is 47.4 Å². The average molecular weight is 568 g/mol. The van der Waals surface area contributed by atoms with Gasteiger partial charge in [-0.1, -0.05) is 46.9 Å². The van der Waals surface area contributed by atoms with E-state index in [4.69, 9.17) is 5.14 Å². The molecule has 0 unspecified atom stereocenters. The van der Waals surface area contributed by atoms with Crippen LogP contribution in [0.25, 0.3) is 11.1 Å². The van der Waals surface area contributed by atoms with Crippen molar-refractivity contribution >= 4 is 60.8 Å². The minimum atomic E-state index is -3.97. The van der Waals surface area contributed by atoms with Gasteiger partial charge in [-0.2, -0.15) is 0 Å². The number of aryl methyl sites for hydroxylation is 2. The van der Waals surface area contributed by atoms with Gasteiger partial charge in [0.05, 0.1) is 4.90 Å². The van der Waals surface area contributed by atoms with E-state index >= 15 is 0 Å². The molecule has 1 amide bonds. The van der Waals surface area contributed by atoms with Gasteiger partial charge in [0.15, 0.2) is 0 Å². The lowest BCUT2D eigenvalue weighted by atomic mass is 9.87. The first kappa shape index (κ1) is 21.9. The van der Waals surface area contributed by atoms with Gasteiger partial charge in [-0.3, -0.25) is 4.79 Å². The van der Waals surface area contributed by atoms with E-state index < -0.39 is 21.9 Å². The second kappa shape index (κ2) is 8.34. The molecular formula is C21H17IN2O5S2. The number of primary sulfonamides is 1. The number of amides is 1. The zero-order valence-electron chi connectivity index (χ0n) is 16.0. The molecule has 2 aromatic carbocycles. The smallest absolute Gasteiger partial charge is 0.339 e. The second-order valence-electron chi connectivity index (χ2n) is 7.06. The molecule has 1 aliphatic carbocycles. The average Bonchev–Trinajstić information content (AvgIpc) is 3.11. The third-order valence-corrected chi connectivity index (χ3v) is 8.02. The summed E-state index contributed by atoms with van der Waals surface area (Å²) in [6.45, 7) is 0. The number of carbonyl (C=O) groups excluding carboxylic acids is 1. The summed E-state index contributed by atoms with van der Waals surface area (Å²) in [7, 11) is -3.97. The number of anilines is 1. The Kier molecular flexibility index (Phi) is 5.90. The standard InChI is InChI=1S/C21H17IN2O5S2/c22-10-11-4-6-15-12(8-11)5-7-16-17(15)18(21(26)27)20(30-16)24-19(25)13-2-1-3-14(9-13)31(23,28)29/h1-4,6,8-9H,5,7,10H2,(H,24,25)(H,26,27)(H2,23,28,29). The number of fused-ring (bicyclic) bond motifs is 3. The third-order valence-electron chi connectivity index (χ3n) is 5.06. The molecule has 0 bridgehead atoms. The molecule has 0 saturated carbocycles. The Hall–Kier alpha value is -2.28. The molecule has 0 fully saturated rings. The number of carboxylic acids is 1. The molecule has 10 heteroatoms. The van der Waals surface area contributed by atoms with Crippen LogP contribution in [0.1, 0.15) is 36.7 Å². The van der Waals surface area contributed by atoms with Crippen molar-refractivity contribution in [2.24, 2.45) is 5.14 Å². The number of thiophene rings is 1. The van der Waals surface area contributed by atoms with Crippen LogP contribution >= 0.6 is 33.9 Å². The lowest BCUT2D eigenvalue weighted by molar-refractivity contribution is 0.0699. The Bertz CT molecular complexity index is 1330. The third kappa shape index (κ3) is 4.25. The Balaban J connectivity index is 1.75. The van der Waals surface area contributed by atoms with Crippen molar-refractivity contribution in [2.75, 3.05) is 5.32 Å². The number of carbonyl (C=O) groups is 2. The maximum atomic E-state index is 12.8. The highest BCUT2D eigenvalue weighted by molar-refractivity contribution is 14.1. The number of halogens is 1. The topological polar surface area (TPSA) is 127 Å². The summed E-state index contributed by atoms with van der Waals surface area (Å²) in [5.74, 6) is -1.73. The van der Waals surface area contributed by atoms with Crippen molar-refractivity contribution in [3.05, 3.63) is 69.6 Å². The van der Waals surface area contributed by atoms with Crippen LogP contribution in [0.5, 0.6) is 0 Å². The zero-order valence-corrected chi connectivity index (χ0v) is 19.8. The van der Waals surface area contributed by atoms with Crippen LogP contribution in [0.2, 0.25) is 0 Å². The minimum absolute atomic E-state index is 0.0547. The fourth-order valence-corrected chi connectivity index (χ4v) is 5.88. The van der Waals surface area contributed by atoms with Crippen molar-refractivity contribution < 1.29 is 23.1 Å². The largest absolute Gasteiger partial charge is 0.478 e. The van der Waals surface area contributed by atoms with E-state index in [9.17, 15) is 23.1 Å². The summed E-state index contributed by atoms with van der Waals surface area (Å²) < 4.78 is 24.0. The fraction of sp³-hybridized carbons (Fsp3) is 0.143. The van der Waals surface area contributed by atoms with Gasteiger partial charge in [0.2, 0.25) is 10.0 Å². The number of nitrogens with one attached hydrogen (secondary N) is 1. The molecule has 0 saturated heterocycles. The van der Waals surface area contributed by atoms with Crippen LogP contribution in [0, 0.1) is 0 Å². The normalized spacial score (nSPS) is 12.7. The van der Waals surface area contributed by atoms with Crippen LogP contribution in [-0.4, -0.2) is 25.4 Å². The van der Waals surface area contributed by atoms with Crippen molar-refractivity contribution in [1.82, 2.24) is 0 Å². The van der Waals surface area contributed by atoms with Crippen LogP contribution in [0.4, 0.5) is 5.00 Å². The number of benzene rings is 2. The lowest BCUT2D eigenvalue weighted by Crippen LogP contribution is -2.16. The summed E-state index contributed by atoms with van der Waals surface area (Å²) in [5.41, 5.74) is 3.92. The predicted molar refractivity (Wildman–Crippen MR) is 128 cm³/mol. The lowest BCUT2D eigenvalue weighted by Gasteiger charge is -2.18. The maximum Gasteiger partial charge on any atom is 0.339 e. The number of nitrogens with two attached hydrogens (primary N) is 1. The quantitative estimate of drug-likeness (QED) is 0.316. The first-order valence-corrected chi connectivity index (χ1v) is 13.1. The summed E-state index contributed by atoms with van der Waals surface area (Å²) in [6.07, 6.45) is 1.49. The van der Waals surface area contributed by atoms with Gasteiger partial charge < -0.3 is 10.4 Å². The molecule has 0 atom stereocenters. The van der Waals surface area contributed by atoms with Crippen LogP contribution in [0.3, 0.4) is 0 Å². The Morgan fingerprint density at radius 1 is 1.16 bits per heavy atom. The van der Waals surface area contributed by atoms with E-state index in [0.717, 1.165) is 26.9 Å². The zero-order chi connectivity index (χ0) is 22.3. The summed E-state index contributed by atoms with van der Waals surface area (Å²) in [6, 6.07) is 11.3. The molecule has 0 aliphatic heterocycles. The summed E-state index contributed by atoms with van der Waals surface area (Å²) in [5, 5.41) is 18.0. The highest BCUT2D eigenvalue weighted by Gasteiger charge is 2.29. The van der Waals surface area contributed by atoms with Crippen LogP contribution < -0.4 is 10.5 Å². The van der Waals surface area contributed by atoms with Gasteiger partial charge in [0.1, 0.15) is 10.6 Å². The van der Waals surface area contributed by atoms with Crippen molar-refractivity contribution in [2.45, 2.75) is 22.2 Å². The highest BCUT2D eigenvalue weighted by Crippen LogP contribution is 2.45. The molecule has 31 heavy (non-hydrogen) atoms. The molecule has 4 N–H and O–H groups in total. The maximum absolute atomic E-state index is 12.8. The van der Waals surface area contributed by atoms with Gasteiger partial charge >= 0.3 is 5.97 Å². The number of carboxylic acid groups (broad SMARTS) is 1. The molecule has 0 radical (unpaired) electrons. The number of sulfonamides is 1. The van der Waals surface area contributed by atoms with Crippen molar-refractivity contribution in [1.29, 1.82) is 0 Å². The van der Waals surface area contributed by atoms with E-state index in [2.05, 4.69) is 34.0 Å². The van der Waals surface area contributed by atoms with E-state index in [1.54, 1.807) is 0 Å². The number of aromatic carboxylic acids is 1. The molecule has 1 heterocycles. The number of alkyl halides is 1. The first-order chi connectivity index (χ1) is 14.7. The fourth-order valence-electron chi connectivity index (χ4n) is 3.65. The summed E-state index contributed by atoms with van der Waals surface area (Å²) >= 11 is 3.53. The van der Waals surface area contributed by atoms with E-state index in [-0.39, 0.29) is 21.0 Å². The predicted octanol–water partition coefficient (Wildman–Crippen LogP) is 4.05. The molecule has 1 aliphatic rings. The molecule has 1 aromatic heterocycles. The molecular weight excluding hydrogens is 551 g/mol. The Morgan fingerprint density at radius 2 is 1.94 bits per heavy atom. The molecule has 0 spiro atoms. The van der Waals surface area contributed by atoms with Gasteiger partial charge in [-0.05, 0) is 47.7 Å². The second-order valence-corrected chi connectivity index (χ2v) is 10.5. The molecule has 3 aromatic rings.